The highest BCUT2D eigenvalue weighted by Gasteiger charge is 2.50. The second-order valence-corrected chi connectivity index (χ2v) is 14.2. The maximum absolute atomic E-state index is 11.2. The number of methoxy groups -OCH3 is 1. The minimum atomic E-state index is -1.85. The van der Waals surface area contributed by atoms with E-state index < -0.39 is 8.07 Å². The topological polar surface area (TPSA) is 67.8 Å². The second kappa shape index (κ2) is 10.6. The molecule has 0 saturated carbocycles. The Kier molecular flexibility index (Phi) is 8.14. The molecule has 6 heteroatoms. The maximum Gasteiger partial charge on any atom is 0.221 e. The summed E-state index contributed by atoms with van der Waals surface area (Å²) in [4.78, 5) is 11.2. The molecule has 2 aromatic carbocycles. The molecular formula is C26H37NO4Si. The Morgan fingerprint density at radius 1 is 1.06 bits per heavy atom. The summed E-state index contributed by atoms with van der Waals surface area (Å²) in [6.07, 6.45) is 2.83. The summed E-state index contributed by atoms with van der Waals surface area (Å²) >= 11 is 0. The van der Waals surface area contributed by atoms with Gasteiger partial charge >= 0.3 is 0 Å². The predicted molar refractivity (Wildman–Crippen MR) is 132 cm³/mol. The minimum Gasteiger partial charge on any atom is -0.497 e. The largest absolute Gasteiger partial charge is 0.497 e. The molecule has 0 aliphatic carbocycles. The Morgan fingerprint density at radius 2 is 1.72 bits per heavy atom. The molecule has 1 heterocycles. The van der Waals surface area contributed by atoms with Crippen LogP contribution in [-0.2, 0) is 16.0 Å². The fraction of sp³-hybridized carbons (Fsp3) is 0.500. The van der Waals surface area contributed by atoms with E-state index in [1.54, 1.807) is 7.11 Å². The van der Waals surface area contributed by atoms with E-state index in [0.29, 0.717) is 17.9 Å². The summed E-state index contributed by atoms with van der Waals surface area (Å²) in [7, 11) is -0.156. The summed E-state index contributed by atoms with van der Waals surface area (Å²) in [5.41, 5.74) is 2.50. The summed E-state index contributed by atoms with van der Waals surface area (Å²) in [5, 5.41) is 13.9. The zero-order chi connectivity index (χ0) is 23.3. The molecule has 1 fully saturated rings. The second-order valence-electron chi connectivity index (χ2n) is 9.48. The molecule has 2 N–H and O–H groups in total. The molecule has 0 unspecified atom stereocenters. The minimum absolute atomic E-state index is 0.0597. The highest BCUT2D eigenvalue weighted by Crippen LogP contribution is 2.46. The molecule has 5 nitrogen and oxygen atoms in total. The number of aliphatic hydroxyl groups is 1. The lowest BCUT2D eigenvalue weighted by molar-refractivity contribution is -0.114. The van der Waals surface area contributed by atoms with Gasteiger partial charge in [-0.1, -0.05) is 49.5 Å². The van der Waals surface area contributed by atoms with Crippen molar-refractivity contribution < 1.29 is 19.4 Å². The number of hydrogen-bond acceptors (Lipinski definition) is 4. The van der Waals surface area contributed by atoms with E-state index in [-0.39, 0.29) is 24.7 Å². The molecule has 1 amide bonds. The van der Waals surface area contributed by atoms with E-state index in [2.05, 4.69) is 49.6 Å². The third-order valence-electron chi connectivity index (χ3n) is 6.98. The zero-order valence-electron chi connectivity index (χ0n) is 19.9. The molecule has 4 atom stereocenters. The highest BCUT2D eigenvalue weighted by molar-refractivity contribution is 6.91. The van der Waals surface area contributed by atoms with Gasteiger partial charge in [0.1, 0.15) is 5.75 Å². The Bertz CT molecular complexity index is 882. The summed E-state index contributed by atoms with van der Waals surface area (Å²) in [6.45, 7) is 8.84. The molecular weight excluding hydrogens is 418 g/mol. The van der Waals surface area contributed by atoms with Crippen LogP contribution in [0.15, 0.2) is 48.5 Å². The maximum atomic E-state index is 11.2. The van der Waals surface area contributed by atoms with Gasteiger partial charge in [-0.05, 0) is 60.6 Å². The van der Waals surface area contributed by atoms with Crippen molar-refractivity contribution in [1.29, 1.82) is 0 Å². The monoisotopic (exact) mass is 455 g/mol. The molecule has 1 aliphatic heterocycles. The molecule has 0 bridgehead atoms. The highest BCUT2D eigenvalue weighted by atomic mass is 28.3. The van der Waals surface area contributed by atoms with Gasteiger partial charge in [-0.3, -0.25) is 4.79 Å². The average Bonchev–Trinajstić information content (AvgIpc) is 3.08. The van der Waals surface area contributed by atoms with Crippen LogP contribution in [0, 0.1) is 5.92 Å². The van der Waals surface area contributed by atoms with E-state index in [9.17, 15) is 9.90 Å². The van der Waals surface area contributed by atoms with Crippen LogP contribution in [0.5, 0.6) is 5.75 Å². The number of aliphatic hydroxyl groups excluding tert-OH is 1. The number of aryl methyl sites for hydroxylation is 1. The van der Waals surface area contributed by atoms with Crippen LogP contribution in [-0.4, -0.2) is 45.0 Å². The van der Waals surface area contributed by atoms with E-state index in [0.717, 1.165) is 24.3 Å². The standard InChI is InChI=1S/C26H37NO4Si/c1-18-24(15-8-20-6-9-21(10-7-20)27-19(2)29)31-25(16-17-28)26(18)32(4,5)23-13-11-22(30-3)12-14-23/h6-7,9-14,18,24-26,28H,8,15-17H2,1-5H3,(H,27,29)/t18-,24+,25-,26+/m0/s1. The first-order chi connectivity index (χ1) is 15.3. The van der Waals surface area contributed by atoms with E-state index in [1.807, 2.05) is 24.3 Å². The number of hydrogen-bond donors (Lipinski definition) is 2. The van der Waals surface area contributed by atoms with Crippen LogP contribution in [0.3, 0.4) is 0 Å². The van der Waals surface area contributed by atoms with Gasteiger partial charge in [0.15, 0.2) is 0 Å². The Morgan fingerprint density at radius 3 is 2.28 bits per heavy atom. The third kappa shape index (κ3) is 5.60. The molecule has 32 heavy (non-hydrogen) atoms. The summed E-state index contributed by atoms with van der Waals surface area (Å²) in [5.74, 6) is 1.24. The van der Waals surface area contributed by atoms with Crippen LogP contribution < -0.4 is 15.2 Å². The number of anilines is 1. The fourth-order valence-corrected chi connectivity index (χ4v) is 9.43. The normalized spacial score (nSPS) is 23.2. The smallest absolute Gasteiger partial charge is 0.221 e. The number of nitrogens with one attached hydrogen (secondary N) is 1. The van der Waals surface area contributed by atoms with Gasteiger partial charge in [0.05, 0.1) is 27.4 Å². The van der Waals surface area contributed by atoms with E-state index >= 15 is 0 Å². The van der Waals surface area contributed by atoms with Gasteiger partial charge in [0.25, 0.3) is 0 Å². The SMILES string of the molecule is COc1ccc([Si](C)(C)[C@@H]2[C@@H](C)[C@@H](CCc3ccc(NC(C)=O)cc3)O[C@H]2CCO)cc1. The van der Waals surface area contributed by atoms with Crippen molar-refractivity contribution in [1.82, 2.24) is 0 Å². The third-order valence-corrected chi connectivity index (χ3v) is 11.4. The van der Waals surface area contributed by atoms with Crippen LogP contribution in [0.4, 0.5) is 5.69 Å². The van der Waals surface area contributed by atoms with Gasteiger partial charge in [-0.2, -0.15) is 0 Å². The molecule has 0 radical (unpaired) electrons. The van der Waals surface area contributed by atoms with Gasteiger partial charge in [-0.15, -0.1) is 0 Å². The fourth-order valence-electron chi connectivity index (χ4n) is 5.31. The molecule has 0 spiro atoms. The predicted octanol–water partition coefficient (Wildman–Crippen LogP) is 4.36. The Labute approximate surface area is 193 Å². The molecule has 2 aromatic rings. The lowest BCUT2D eigenvalue weighted by atomic mass is 9.95. The lowest BCUT2D eigenvalue weighted by Gasteiger charge is -2.36. The first-order valence-corrected chi connectivity index (χ1v) is 14.6. The molecule has 3 rings (SSSR count). The number of amides is 1. The average molecular weight is 456 g/mol. The summed E-state index contributed by atoms with van der Waals surface area (Å²) in [6, 6.07) is 16.6. The van der Waals surface area contributed by atoms with Crippen molar-refractivity contribution in [2.24, 2.45) is 5.92 Å². The van der Waals surface area contributed by atoms with Crippen LogP contribution in [0.2, 0.25) is 18.6 Å². The van der Waals surface area contributed by atoms with Gasteiger partial charge in [-0.25, -0.2) is 0 Å². The van der Waals surface area contributed by atoms with Gasteiger partial charge in [0, 0.05) is 19.2 Å². The number of ether oxygens (including phenoxy) is 2. The van der Waals surface area contributed by atoms with Crippen molar-refractivity contribution in [3.8, 4) is 5.75 Å². The Balaban J connectivity index is 1.71. The van der Waals surface area contributed by atoms with E-state index in [1.165, 1.54) is 17.7 Å². The zero-order valence-corrected chi connectivity index (χ0v) is 20.9. The molecule has 0 aromatic heterocycles. The Hall–Kier alpha value is -2.15. The van der Waals surface area contributed by atoms with Gasteiger partial charge in [0.2, 0.25) is 5.91 Å². The van der Waals surface area contributed by atoms with Gasteiger partial charge < -0.3 is 19.9 Å². The quantitative estimate of drug-likeness (QED) is 0.552. The van der Waals surface area contributed by atoms with E-state index in [4.69, 9.17) is 9.47 Å². The van der Waals surface area contributed by atoms with Crippen molar-refractivity contribution in [2.75, 3.05) is 19.0 Å². The first kappa shape index (κ1) is 24.5. The molecule has 1 saturated heterocycles. The molecule has 1 aliphatic rings. The van der Waals surface area contributed by atoms with Crippen molar-refractivity contribution >= 4 is 24.9 Å². The number of benzene rings is 2. The van der Waals surface area contributed by atoms with Crippen LogP contribution in [0.1, 0.15) is 32.3 Å². The van der Waals surface area contributed by atoms with Crippen LogP contribution >= 0.6 is 0 Å². The van der Waals surface area contributed by atoms with Crippen molar-refractivity contribution in [3.05, 3.63) is 54.1 Å². The number of rotatable bonds is 9. The van der Waals surface area contributed by atoms with Crippen LogP contribution in [0.25, 0.3) is 0 Å². The summed E-state index contributed by atoms with van der Waals surface area (Å²) < 4.78 is 11.9. The number of carbonyl (C=O) groups is 1. The van der Waals surface area contributed by atoms with Crippen molar-refractivity contribution in [2.45, 2.75) is 64.0 Å². The first-order valence-electron chi connectivity index (χ1n) is 11.5. The van der Waals surface area contributed by atoms with Crippen molar-refractivity contribution in [3.63, 3.8) is 0 Å². The molecule has 174 valence electrons. The lowest BCUT2D eigenvalue weighted by Crippen LogP contribution is -2.50. The number of carbonyl (C=O) groups excluding carboxylic acids is 1.